The van der Waals surface area contributed by atoms with Crippen molar-refractivity contribution in [1.82, 2.24) is 0 Å². The minimum Gasteiger partial charge on any atom is -0.480 e. The van der Waals surface area contributed by atoms with Crippen molar-refractivity contribution in [2.24, 2.45) is 0 Å². The average molecular weight is 265 g/mol. The molecule has 0 aliphatic carbocycles. The summed E-state index contributed by atoms with van der Waals surface area (Å²) in [5, 5.41) is 0. The highest BCUT2D eigenvalue weighted by atomic mass is 16.6. The van der Waals surface area contributed by atoms with Crippen molar-refractivity contribution in [1.29, 1.82) is 0 Å². The second-order valence-corrected chi connectivity index (χ2v) is 4.46. The predicted octanol–water partition coefficient (Wildman–Crippen LogP) is 3.16. The highest BCUT2D eigenvalue weighted by Gasteiger charge is 2.05. The summed E-state index contributed by atoms with van der Waals surface area (Å²) in [4.78, 5) is 11.4. The minimum absolute atomic E-state index is 0.0941. The van der Waals surface area contributed by atoms with E-state index in [2.05, 4.69) is 6.92 Å². The standard InChI is InChI=1S/C15H23NO3/c1-2-3-4-5-8-11-18-15(17)12-19-14-10-7-6-9-13(14)16/h6-7,9-10H,2-5,8,11-12,16H2,1H3. The topological polar surface area (TPSA) is 61.5 Å². The molecule has 0 saturated heterocycles. The van der Waals surface area contributed by atoms with Gasteiger partial charge in [0.05, 0.1) is 12.3 Å². The van der Waals surface area contributed by atoms with Crippen molar-refractivity contribution in [2.75, 3.05) is 18.9 Å². The molecule has 1 aromatic carbocycles. The Bertz CT molecular complexity index is 379. The third-order valence-corrected chi connectivity index (χ3v) is 2.78. The zero-order chi connectivity index (χ0) is 13.9. The molecule has 19 heavy (non-hydrogen) atoms. The molecule has 0 aliphatic rings. The Morgan fingerprint density at radius 3 is 2.63 bits per heavy atom. The fraction of sp³-hybridized carbons (Fsp3) is 0.533. The Morgan fingerprint density at radius 1 is 1.16 bits per heavy atom. The van der Waals surface area contributed by atoms with Gasteiger partial charge in [-0.3, -0.25) is 0 Å². The Labute approximate surface area is 114 Å². The largest absolute Gasteiger partial charge is 0.480 e. The Morgan fingerprint density at radius 2 is 1.89 bits per heavy atom. The number of ether oxygens (including phenoxy) is 2. The first-order valence-electron chi connectivity index (χ1n) is 6.87. The van der Waals surface area contributed by atoms with Crippen LogP contribution in [0.4, 0.5) is 5.69 Å². The summed E-state index contributed by atoms with van der Waals surface area (Å²) in [6.07, 6.45) is 5.67. The van der Waals surface area contributed by atoms with E-state index in [1.807, 2.05) is 12.1 Å². The van der Waals surface area contributed by atoms with Gasteiger partial charge in [-0.25, -0.2) is 4.79 Å². The molecule has 0 aliphatic heterocycles. The molecule has 0 bridgehead atoms. The maximum Gasteiger partial charge on any atom is 0.344 e. The van der Waals surface area contributed by atoms with E-state index in [0.717, 1.165) is 12.8 Å². The van der Waals surface area contributed by atoms with Crippen LogP contribution in [0.15, 0.2) is 24.3 Å². The lowest BCUT2D eigenvalue weighted by atomic mass is 10.2. The van der Waals surface area contributed by atoms with E-state index in [0.29, 0.717) is 18.0 Å². The SMILES string of the molecule is CCCCCCCOC(=O)COc1ccccc1N. The molecule has 0 fully saturated rings. The fourth-order valence-electron chi connectivity index (χ4n) is 1.68. The highest BCUT2D eigenvalue weighted by Crippen LogP contribution is 2.19. The van der Waals surface area contributed by atoms with Gasteiger partial charge < -0.3 is 15.2 Å². The van der Waals surface area contributed by atoms with Gasteiger partial charge in [-0.2, -0.15) is 0 Å². The second-order valence-electron chi connectivity index (χ2n) is 4.46. The van der Waals surface area contributed by atoms with Crippen LogP contribution in [0.3, 0.4) is 0 Å². The van der Waals surface area contributed by atoms with Crippen molar-refractivity contribution < 1.29 is 14.3 Å². The minimum atomic E-state index is -0.348. The molecule has 4 heteroatoms. The quantitative estimate of drug-likeness (QED) is 0.423. The highest BCUT2D eigenvalue weighted by molar-refractivity contribution is 5.71. The average Bonchev–Trinajstić information content (AvgIpc) is 2.42. The van der Waals surface area contributed by atoms with Crippen LogP contribution in [0.25, 0.3) is 0 Å². The number of rotatable bonds is 9. The summed E-state index contributed by atoms with van der Waals surface area (Å²) in [7, 11) is 0. The Hall–Kier alpha value is -1.71. The van der Waals surface area contributed by atoms with Crippen LogP contribution in [0.1, 0.15) is 39.0 Å². The van der Waals surface area contributed by atoms with E-state index >= 15 is 0 Å². The molecule has 2 N–H and O–H groups in total. The summed E-state index contributed by atoms with van der Waals surface area (Å²) in [5.41, 5.74) is 6.22. The van der Waals surface area contributed by atoms with Crippen molar-refractivity contribution >= 4 is 11.7 Å². The second kappa shape index (κ2) is 9.25. The molecule has 0 saturated carbocycles. The van der Waals surface area contributed by atoms with Crippen LogP contribution in [-0.4, -0.2) is 19.2 Å². The summed E-state index contributed by atoms with van der Waals surface area (Å²) >= 11 is 0. The molecule has 106 valence electrons. The smallest absolute Gasteiger partial charge is 0.344 e. The fourth-order valence-corrected chi connectivity index (χ4v) is 1.68. The van der Waals surface area contributed by atoms with Gasteiger partial charge in [-0.1, -0.05) is 44.7 Å². The van der Waals surface area contributed by atoms with Crippen LogP contribution in [0.5, 0.6) is 5.75 Å². The normalized spacial score (nSPS) is 10.2. The number of hydrogen-bond acceptors (Lipinski definition) is 4. The molecule has 1 rings (SSSR count). The van der Waals surface area contributed by atoms with Gasteiger partial charge in [-0.15, -0.1) is 0 Å². The molecule has 0 amide bonds. The number of hydrogen-bond donors (Lipinski definition) is 1. The number of nitrogens with two attached hydrogens (primary N) is 1. The van der Waals surface area contributed by atoms with Gasteiger partial charge in [0.2, 0.25) is 0 Å². The summed E-state index contributed by atoms with van der Waals surface area (Å²) < 4.78 is 10.4. The van der Waals surface area contributed by atoms with Crippen molar-refractivity contribution in [3.63, 3.8) is 0 Å². The van der Waals surface area contributed by atoms with Gasteiger partial charge in [0.25, 0.3) is 0 Å². The van der Waals surface area contributed by atoms with Crippen molar-refractivity contribution in [3.05, 3.63) is 24.3 Å². The lowest BCUT2D eigenvalue weighted by molar-refractivity contribution is -0.146. The first kappa shape index (κ1) is 15.3. The zero-order valence-corrected chi connectivity index (χ0v) is 11.6. The van der Waals surface area contributed by atoms with Crippen LogP contribution in [0.2, 0.25) is 0 Å². The van der Waals surface area contributed by atoms with E-state index in [1.165, 1.54) is 19.3 Å². The number of anilines is 1. The third-order valence-electron chi connectivity index (χ3n) is 2.78. The maximum atomic E-state index is 11.4. The van der Waals surface area contributed by atoms with Crippen molar-refractivity contribution in [3.8, 4) is 5.75 Å². The molecule has 0 aromatic heterocycles. The summed E-state index contributed by atoms with van der Waals surface area (Å²) in [6, 6.07) is 7.09. The molecule has 0 radical (unpaired) electrons. The lowest BCUT2D eigenvalue weighted by Gasteiger charge is -2.08. The summed E-state index contributed by atoms with van der Waals surface area (Å²) in [5.74, 6) is 0.168. The molecular weight excluding hydrogens is 242 g/mol. The number of nitrogen functional groups attached to an aromatic ring is 1. The van der Waals surface area contributed by atoms with Gasteiger partial charge in [0.15, 0.2) is 6.61 Å². The lowest BCUT2D eigenvalue weighted by Crippen LogP contribution is -2.16. The molecule has 0 spiro atoms. The van der Waals surface area contributed by atoms with E-state index in [9.17, 15) is 4.79 Å². The predicted molar refractivity (Wildman–Crippen MR) is 76.1 cm³/mol. The van der Waals surface area contributed by atoms with Crippen LogP contribution >= 0.6 is 0 Å². The molecule has 0 unspecified atom stereocenters. The molecular formula is C15H23NO3. The molecule has 0 atom stereocenters. The summed E-state index contributed by atoms with van der Waals surface area (Å²) in [6.45, 7) is 2.55. The third kappa shape index (κ3) is 6.70. The van der Waals surface area contributed by atoms with Crippen LogP contribution in [-0.2, 0) is 9.53 Å². The monoisotopic (exact) mass is 265 g/mol. The number of carbonyl (C=O) groups is 1. The number of carbonyl (C=O) groups excluding carboxylic acids is 1. The van der Waals surface area contributed by atoms with Gasteiger partial charge >= 0.3 is 5.97 Å². The van der Waals surface area contributed by atoms with E-state index in [1.54, 1.807) is 12.1 Å². The first-order chi connectivity index (χ1) is 9.24. The molecule has 4 nitrogen and oxygen atoms in total. The van der Waals surface area contributed by atoms with Crippen molar-refractivity contribution in [2.45, 2.75) is 39.0 Å². The van der Waals surface area contributed by atoms with Crippen LogP contribution in [0, 0.1) is 0 Å². The number of esters is 1. The van der Waals surface area contributed by atoms with E-state index < -0.39 is 0 Å². The number of benzene rings is 1. The maximum absolute atomic E-state index is 11.4. The number of unbranched alkanes of at least 4 members (excludes halogenated alkanes) is 4. The van der Waals surface area contributed by atoms with E-state index in [4.69, 9.17) is 15.2 Å². The molecule has 1 aromatic rings. The van der Waals surface area contributed by atoms with Gasteiger partial charge in [-0.05, 0) is 18.6 Å². The Balaban J connectivity index is 2.10. The van der Waals surface area contributed by atoms with Gasteiger partial charge in [0.1, 0.15) is 5.75 Å². The first-order valence-corrected chi connectivity index (χ1v) is 6.87. The number of para-hydroxylation sites is 2. The Kier molecular flexibility index (Phi) is 7.47. The van der Waals surface area contributed by atoms with Crippen LogP contribution < -0.4 is 10.5 Å². The van der Waals surface area contributed by atoms with Gasteiger partial charge in [0, 0.05) is 0 Å². The zero-order valence-electron chi connectivity index (χ0n) is 11.6. The van der Waals surface area contributed by atoms with E-state index in [-0.39, 0.29) is 12.6 Å². The molecule has 0 heterocycles.